The number of benzene rings is 3. The number of carbonyl (C=O) groups excluding carboxylic acids is 3. The summed E-state index contributed by atoms with van der Waals surface area (Å²) in [5, 5.41) is 10.9. The lowest BCUT2D eigenvalue weighted by atomic mass is 9.98. The molecule has 4 N–H and O–H groups in total. The standard InChI is InChI=1S/C31H31F2N5O4S/c32-31(33)37-22-13-23(30(41)35-14-18-5-6-21-15-34-10-9-19(21)11-18)38(17-22)28(39)16-36-29(40)20-7-8-27-25(12-20)42-24-3-1-2-4-26(24)43-27/h1-8,11-12,22-23,31,34,37H,9-10,13-17H2,(H,35,41)(H,36,40)/t22-,23+/m1/s1. The SMILES string of the molecule is O=C(NCC(=O)N1C[C@H](NC(F)F)C[C@H]1C(=O)NCc1ccc2c(c1)CCNC2)c1ccc2c(c1)Oc1ccccc1S2. The molecule has 3 aliphatic heterocycles. The Hall–Kier alpha value is -4.00. The van der Waals surface area contributed by atoms with E-state index in [1.54, 1.807) is 18.2 Å². The Kier molecular flexibility index (Phi) is 8.59. The van der Waals surface area contributed by atoms with E-state index in [9.17, 15) is 23.2 Å². The van der Waals surface area contributed by atoms with Crippen LogP contribution in [0.5, 0.6) is 11.5 Å². The summed E-state index contributed by atoms with van der Waals surface area (Å²) in [4.78, 5) is 42.5. The van der Waals surface area contributed by atoms with E-state index in [1.165, 1.54) is 27.8 Å². The minimum atomic E-state index is -2.79. The summed E-state index contributed by atoms with van der Waals surface area (Å²) in [7, 11) is 0. The summed E-state index contributed by atoms with van der Waals surface area (Å²) < 4.78 is 32.2. The molecule has 224 valence electrons. The fraction of sp³-hybridized carbons (Fsp3) is 0.323. The summed E-state index contributed by atoms with van der Waals surface area (Å²) in [6.45, 7) is -1.30. The fourth-order valence-electron chi connectivity index (χ4n) is 5.64. The van der Waals surface area contributed by atoms with Gasteiger partial charge in [-0.25, -0.2) is 0 Å². The second kappa shape index (κ2) is 12.7. The van der Waals surface area contributed by atoms with Crippen LogP contribution in [0.4, 0.5) is 8.78 Å². The van der Waals surface area contributed by atoms with Crippen molar-refractivity contribution in [3.63, 3.8) is 0 Å². The lowest BCUT2D eigenvalue weighted by molar-refractivity contribution is -0.137. The molecule has 6 rings (SSSR count). The highest BCUT2D eigenvalue weighted by atomic mass is 32.2. The van der Waals surface area contributed by atoms with E-state index >= 15 is 0 Å². The number of alkyl halides is 2. The maximum Gasteiger partial charge on any atom is 0.292 e. The molecule has 0 radical (unpaired) electrons. The highest BCUT2D eigenvalue weighted by Crippen LogP contribution is 2.46. The van der Waals surface area contributed by atoms with E-state index < -0.39 is 42.9 Å². The number of hydrogen-bond donors (Lipinski definition) is 4. The van der Waals surface area contributed by atoms with Crippen molar-refractivity contribution >= 4 is 29.5 Å². The van der Waals surface area contributed by atoms with Crippen molar-refractivity contribution in [2.45, 2.75) is 54.4 Å². The van der Waals surface area contributed by atoms with E-state index in [2.05, 4.69) is 27.3 Å². The Morgan fingerprint density at radius 1 is 1.00 bits per heavy atom. The molecule has 12 heteroatoms. The minimum Gasteiger partial charge on any atom is -0.455 e. The number of fused-ring (bicyclic) bond motifs is 3. The molecule has 3 aliphatic rings. The van der Waals surface area contributed by atoms with Crippen LogP contribution in [-0.4, -0.2) is 60.9 Å². The number of para-hydroxylation sites is 1. The Balaban J connectivity index is 1.08. The monoisotopic (exact) mass is 607 g/mol. The van der Waals surface area contributed by atoms with Crippen molar-refractivity contribution < 1.29 is 27.9 Å². The maximum absolute atomic E-state index is 13.2. The van der Waals surface area contributed by atoms with Crippen molar-refractivity contribution in [3.8, 4) is 11.5 Å². The molecule has 43 heavy (non-hydrogen) atoms. The zero-order valence-electron chi connectivity index (χ0n) is 23.2. The molecule has 3 aromatic carbocycles. The lowest BCUT2D eigenvalue weighted by Crippen LogP contribution is -2.49. The smallest absolute Gasteiger partial charge is 0.292 e. The van der Waals surface area contributed by atoms with Crippen LogP contribution in [0.3, 0.4) is 0 Å². The molecule has 3 aromatic rings. The van der Waals surface area contributed by atoms with E-state index in [0.717, 1.165) is 34.9 Å². The van der Waals surface area contributed by atoms with Gasteiger partial charge in [-0.2, -0.15) is 8.78 Å². The Morgan fingerprint density at radius 3 is 2.70 bits per heavy atom. The molecule has 0 aromatic heterocycles. The van der Waals surface area contributed by atoms with E-state index in [4.69, 9.17) is 4.74 Å². The Morgan fingerprint density at radius 2 is 1.84 bits per heavy atom. The highest BCUT2D eigenvalue weighted by Gasteiger charge is 2.40. The Labute approximate surface area is 251 Å². The van der Waals surface area contributed by atoms with Crippen LogP contribution in [-0.2, 0) is 29.1 Å². The van der Waals surface area contributed by atoms with Gasteiger partial charge in [0.2, 0.25) is 11.8 Å². The first-order valence-corrected chi connectivity index (χ1v) is 15.0. The van der Waals surface area contributed by atoms with E-state index in [0.29, 0.717) is 17.1 Å². The summed E-state index contributed by atoms with van der Waals surface area (Å²) in [5.74, 6) is -0.222. The zero-order valence-corrected chi connectivity index (χ0v) is 24.0. The number of amides is 3. The third-order valence-corrected chi connectivity index (χ3v) is 8.92. The number of rotatable bonds is 8. The van der Waals surface area contributed by atoms with Gasteiger partial charge in [0.1, 0.15) is 17.5 Å². The predicted octanol–water partition coefficient (Wildman–Crippen LogP) is 3.42. The molecule has 0 saturated carbocycles. The molecular weight excluding hydrogens is 576 g/mol. The van der Waals surface area contributed by atoms with Crippen LogP contribution in [0.25, 0.3) is 0 Å². The average Bonchev–Trinajstić information content (AvgIpc) is 3.44. The van der Waals surface area contributed by atoms with Crippen LogP contribution in [0.1, 0.15) is 33.5 Å². The molecule has 3 amide bonds. The molecule has 0 unspecified atom stereocenters. The number of ether oxygens (including phenoxy) is 1. The Bertz CT molecular complexity index is 1550. The van der Waals surface area contributed by atoms with Crippen LogP contribution in [0.2, 0.25) is 0 Å². The van der Waals surface area contributed by atoms with Crippen molar-refractivity contribution in [1.82, 2.24) is 26.2 Å². The number of likely N-dealkylation sites (tertiary alicyclic amines) is 1. The van der Waals surface area contributed by atoms with E-state index in [-0.39, 0.29) is 19.5 Å². The topological polar surface area (TPSA) is 112 Å². The number of carbonyl (C=O) groups is 3. The van der Waals surface area contributed by atoms with E-state index in [1.807, 2.05) is 36.4 Å². The third kappa shape index (κ3) is 6.66. The lowest BCUT2D eigenvalue weighted by Gasteiger charge is -2.24. The molecule has 3 heterocycles. The van der Waals surface area contributed by atoms with Crippen LogP contribution in [0.15, 0.2) is 70.5 Å². The molecule has 0 spiro atoms. The number of halogens is 2. The van der Waals surface area contributed by atoms with Crippen molar-refractivity contribution in [3.05, 3.63) is 82.9 Å². The van der Waals surface area contributed by atoms with Gasteiger partial charge in [0.25, 0.3) is 12.5 Å². The summed E-state index contributed by atoms with van der Waals surface area (Å²) in [6, 6.07) is 17.0. The first-order chi connectivity index (χ1) is 20.8. The largest absolute Gasteiger partial charge is 0.455 e. The quantitative estimate of drug-likeness (QED) is 0.227. The molecule has 2 atom stereocenters. The van der Waals surface area contributed by atoms with Crippen molar-refractivity contribution in [1.29, 1.82) is 0 Å². The summed E-state index contributed by atoms with van der Waals surface area (Å²) in [5.41, 5.74) is 3.69. The molecule has 1 saturated heterocycles. The first-order valence-electron chi connectivity index (χ1n) is 14.1. The predicted molar refractivity (Wildman–Crippen MR) is 156 cm³/mol. The van der Waals surface area contributed by atoms with Gasteiger partial charge in [-0.15, -0.1) is 0 Å². The molecule has 0 aliphatic carbocycles. The van der Waals surface area contributed by atoms with Crippen LogP contribution in [0, 0.1) is 0 Å². The highest BCUT2D eigenvalue weighted by molar-refractivity contribution is 7.99. The number of nitrogens with zero attached hydrogens (tertiary/aromatic N) is 1. The number of nitrogens with one attached hydrogen (secondary N) is 4. The van der Waals surface area contributed by atoms with Crippen molar-refractivity contribution in [2.75, 3.05) is 19.6 Å². The van der Waals surface area contributed by atoms with Crippen LogP contribution >= 0.6 is 11.8 Å². The summed E-state index contributed by atoms with van der Waals surface area (Å²) >= 11 is 1.54. The second-order valence-electron chi connectivity index (χ2n) is 10.7. The molecule has 1 fully saturated rings. The average molecular weight is 608 g/mol. The van der Waals surface area contributed by atoms with Gasteiger partial charge in [-0.3, -0.25) is 19.7 Å². The van der Waals surface area contributed by atoms with Gasteiger partial charge in [0.15, 0.2) is 0 Å². The summed E-state index contributed by atoms with van der Waals surface area (Å²) in [6.07, 6.45) is 0.938. The second-order valence-corrected chi connectivity index (χ2v) is 11.8. The molecule has 9 nitrogen and oxygen atoms in total. The normalized spacial score (nSPS) is 18.7. The fourth-order valence-corrected chi connectivity index (χ4v) is 6.57. The van der Waals surface area contributed by atoms with Gasteiger partial charge in [0, 0.05) is 31.2 Å². The van der Waals surface area contributed by atoms with Gasteiger partial charge < -0.3 is 25.6 Å². The van der Waals surface area contributed by atoms with Gasteiger partial charge >= 0.3 is 0 Å². The molecule has 0 bridgehead atoms. The van der Waals surface area contributed by atoms with Gasteiger partial charge in [0.05, 0.1) is 16.3 Å². The molecular formula is C31H31F2N5O4S. The van der Waals surface area contributed by atoms with Crippen LogP contribution < -0.4 is 26.0 Å². The first kappa shape index (κ1) is 29.1. The maximum atomic E-state index is 13.2. The van der Waals surface area contributed by atoms with Gasteiger partial charge in [-0.05, 0) is 66.4 Å². The minimum absolute atomic E-state index is 0.0347. The third-order valence-electron chi connectivity index (χ3n) is 7.80. The zero-order chi connectivity index (χ0) is 29.9. The number of hydrogen-bond acceptors (Lipinski definition) is 7. The van der Waals surface area contributed by atoms with Crippen molar-refractivity contribution in [2.24, 2.45) is 0 Å². The van der Waals surface area contributed by atoms with Gasteiger partial charge in [-0.1, -0.05) is 42.1 Å².